The summed E-state index contributed by atoms with van der Waals surface area (Å²) < 4.78 is 13.2. The Labute approximate surface area is 170 Å². The standard InChI is InChI=1S/C26H36O2/c1-3-18(2)21-6-8-24(9-7-21)28-25(26-12-10-19(16-26)11-13-26)27-17-23-15-20-4-5-22(23)14-20/h4-9,18-20,22-23,25H,3,10-17H2,1-2H3. The first-order valence-electron chi connectivity index (χ1n) is 11.7. The molecule has 1 aromatic carbocycles. The van der Waals surface area contributed by atoms with E-state index in [4.69, 9.17) is 9.47 Å². The third-order valence-corrected chi connectivity index (χ3v) is 8.48. The summed E-state index contributed by atoms with van der Waals surface area (Å²) in [5.41, 5.74) is 1.66. The Morgan fingerprint density at radius 3 is 2.43 bits per heavy atom. The molecule has 4 bridgehead atoms. The summed E-state index contributed by atoms with van der Waals surface area (Å²) in [6.07, 6.45) is 15.2. The van der Waals surface area contributed by atoms with Crippen molar-refractivity contribution in [3.63, 3.8) is 0 Å². The number of fused-ring (bicyclic) bond motifs is 4. The van der Waals surface area contributed by atoms with Crippen molar-refractivity contribution < 1.29 is 9.47 Å². The predicted octanol–water partition coefficient (Wildman–Crippen LogP) is 6.71. The Bertz CT molecular complexity index is 698. The highest BCUT2D eigenvalue weighted by atomic mass is 16.7. The van der Waals surface area contributed by atoms with E-state index in [0.29, 0.717) is 11.8 Å². The molecule has 5 rings (SSSR count). The SMILES string of the molecule is CCC(C)c1ccc(OC(OCC2CC3C=CC2C3)C23CCC(CC2)C3)cc1. The Morgan fingerprint density at radius 2 is 1.86 bits per heavy atom. The van der Waals surface area contributed by atoms with Crippen LogP contribution < -0.4 is 4.74 Å². The van der Waals surface area contributed by atoms with Crippen LogP contribution in [0.2, 0.25) is 0 Å². The molecule has 1 aromatic rings. The lowest BCUT2D eigenvalue weighted by molar-refractivity contribution is -0.164. The summed E-state index contributed by atoms with van der Waals surface area (Å²) in [5.74, 6) is 4.76. The van der Waals surface area contributed by atoms with E-state index < -0.39 is 0 Å². The monoisotopic (exact) mass is 380 g/mol. The second kappa shape index (κ2) is 7.52. The van der Waals surface area contributed by atoms with E-state index >= 15 is 0 Å². The second-order valence-electron chi connectivity index (χ2n) is 10.2. The van der Waals surface area contributed by atoms with E-state index in [1.165, 1.54) is 56.9 Å². The van der Waals surface area contributed by atoms with E-state index in [1.54, 1.807) is 0 Å². The van der Waals surface area contributed by atoms with Crippen molar-refractivity contribution in [3.05, 3.63) is 42.0 Å². The molecule has 0 N–H and O–H groups in total. The van der Waals surface area contributed by atoms with E-state index in [1.807, 2.05) is 0 Å². The van der Waals surface area contributed by atoms with Crippen LogP contribution in [0, 0.1) is 29.1 Å². The third-order valence-electron chi connectivity index (χ3n) is 8.48. The van der Waals surface area contributed by atoms with Gasteiger partial charge < -0.3 is 9.47 Å². The van der Waals surface area contributed by atoms with Gasteiger partial charge >= 0.3 is 0 Å². The van der Waals surface area contributed by atoms with Crippen LogP contribution in [0.5, 0.6) is 5.75 Å². The van der Waals surface area contributed by atoms with Crippen LogP contribution in [0.25, 0.3) is 0 Å². The highest BCUT2D eigenvalue weighted by molar-refractivity contribution is 5.29. The molecule has 0 amide bonds. The summed E-state index contributed by atoms with van der Waals surface area (Å²) in [7, 11) is 0. The molecule has 2 heteroatoms. The van der Waals surface area contributed by atoms with Gasteiger partial charge in [0.15, 0.2) is 0 Å². The summed E-state index contributed by atoms with van der Waals surface area (Å²) in [6.45, 7) is 5.41. The number of rotatable bonds is 8. The minimum atomic E-state index is -0.0717. The highest BCUT2D eigenvalue weighted by Crippen LogP contribution is 2.57. The van der Waals surface area contributed by atoms with E-state index in [9.17, 15) is 0 Å². The summed E-state index contributed by atoms with van der Waals surface area (Å²) >= 11 is 0. The fourth-order valence-electron chi connectivity index (χ4n) is 6.43. The fourth-order valence-corrected chi connectivity index (χ4v) is 6.43. The Balaban J connectivity index is 1.29. The zero-order valence-electron chi connectivity index (χ0n) is 17.6. The molecule has 0 spiro atoms. The van der Waals surface area contributed by atoms with Crippen LogP contribution in [0.4, 0.5) is 0 Å². The molecule has 0 aromatic heterocycles. The van der Waals surface area contributed by atoms with Crippen LogP contribution in [-0.2, 0) is 4.74 Å². The molecule has 152 valence electrons. The van der Waals surface area contributed by atoms with Crippen molar-refractivity contribution in [3.8, 4) is 5.75 Å². The minimum absolute atomic E-state index is 0.0717. The van der Waals surface area contributed by atoms with Gasteiger partial charge in [-0.1, -0.05) is 38.1 Å². The van der Waals surface area contributed by atoms with Gasteiger partial charge in [-0.05, 0) is 98.7 Å². The molecule has 5 unspecified atom stereocenters. The lowest BCUT2D eigenvalue weighted by Gasteiger charge is -2.36. The maximum atomic E-state index is 6.63. The normalized spacial score (nSPS) is 37.5. The van der Waals surface area contributed by atoms with Gasteiger partial charge in [0, 0.05) is 5.41 Å². The maximum absolute atomic E-state index is 6.63. The number of hydrogen-bond acceptors (Lipinski definition) is 2. The molecule has 5 atom stereocenters. The lowest BCUT2D eigenvalue weighted by Crippen LogP contribution is -2.40. The molecule has 0 aliphatic heterocycles. The van der Waals surface area contributed by atoms with E-state index in [0.717, 1.165) is 30.1 Å². The molecule has 3 saturated carbocycles. The van der Waals surface area contributed by atoms with Gasteiger partial charge in [0.2, 0.25) is 6.29 Å². The molecule has 0 saturated heterocycles. The third kappa shape index (κ3) is 3.43. The minimum Gasteiger partial charge on any atom is -0.464 e. The molecule has 0 radical (unpaired) electrons. The van der Waals surface area contributed by atoms with Crippen molar-refractivity contribution in [2.45, 2.75) is 77.4 Å². The lowest BCUT2D eigenvalue weighted by atomic mass is 9.83. The first-order chi connectivity index (χ1) is 13.6. The second-order valence-corrected chi connectivity index (χ2v) is 10.2. The van der Waals surface area contributed by atoms with Gasteiger partial charge in [0.05, 0.1) is 6.61 Å². The van der Waals surface area contributed by atoms with Gasteiger partial charge in [0.25, 0.3) is 0 Å². The number of hydrogen-bond donors (Lipinski definition) is 0. The molecule has 4 aliphatic rings. The van der Waals surface area contributed by atoms with Gasteiger partial charge in [-0.3, -0.25) is 0 Å². The van der Waals surface area contributed by atoms with Crippen molar-refractivity contribution in [2.24, 2.45) is 29.1 Å². The molecule has 2 nitrogen and oxygen atoms in total. The van der Waals surface area contributed by atoms with Gasteiger partial charge in [-0.2, -0.15) is 0 Å². The summed E-state index contributed by atoms with van der Waals surface area (Å²) in [5, 5.41) is 0. The molecular weight excluding hydrogens is 344 g/mol. The van der Waals surface area contributed by atoms with Crippen molar-refractivity contribution >= 4 is 0 Å². The Morgan fingerprint density at radius 1 is 1.07 bits per heavy atom. The van der Waals surface area contributed by atoms with Crippen molar-refractivity contribution in [2.75, 3.05) is 6.61 Å². The first-order valence-corrected chi connectivity index (χ1v) is 11.7. The number of allylic oxidation sites excluding steroid dienone is 2. The largest absolute Gasteiger partial charge is 0.464 e. The van der Waals surface area contributed by atoms with Crippen LogP contribution >= 0.6 is 0 Å². The average Bonchev–Trinajstić information content (AvgIpc) is 3.52. The highest BCUT2D eigenvalue weighted by Gasteiger charge is 2.52. The van der Waals surface area contributed by atoms with E-state index in [-0.39, 0.29) is 11.7 Å². The van der Waals surface area contributed by atoms with Crippen LogP contribution in [-0.4, -0.2) is 12.9 Å². The zero-order chi connectivity index (χ0) is 19.1. The Kier molecular flexibility index (Phi) is 5.03. The fraction of sp³-hybridized carbons (Fsp3) is 0.692. The van der Waals surface area contributed by atoms with E-state index in [2.05, 4.69) is 50.3 Å². The Hall–Kier alpha value is -1.28. The van der Waals surface area contributed by atoms with Crippen molar-refractivity contribution in [1.29, 1.82) is 0 Å². The number of ether oxygens (including phenoxy) is 2. The summed E-state index contributed by atoms with van der Waals surface area (Å²) in [6, 6.07) is 8.81. The van der Waals surface area contributed by atoms with Gasteiger partial charge in [-0.15, -0.1) is 0 Å². The van der Waals surface area contributed by atoms with Gasteiger partial charge in [0.1, 0.15) is 5.75 Å². The molecule has 0 heterocycles. The predicted molar refractivity (Wildman–Crippen MR) is 113 cm³/mol. The quantitative estimate of drug-likeness (QED) is 0.368. The number of benzene rings is 1. The topological polar surface area (TPSA) is 18.5 Å². The molecule has 28 heavy (non-hydrogen) atoms. The molecule has 4 aliphatic carbocycles. The van der Waals surface area contributed by atoms with Gasteiger partial charge in [-0.25, -0.2) is 0 Å². The van der Waals surface area contributed by atoms with Crippen molar-refractivity contribution in [1.82, 2.24) is 0 Å². The smallest absolute Gasteiger partial charge is 0.205 e. The van der Waals surface area contributed by atoms with Crippen LogP contribution in [0.3, 0.4) is 0 Å². The first kappa shape index (κ1) is 18.7. The molecule has 3 fully saturated rings. The van der Waals surface area contributed by atoms with Crippen LogP contribution in [0.15, 0.2) is 36.4 Å². The average molecular weight is 381 g/mol. The summed E-state index contributed by atoms with van der Waals surface area (Å²) in [4.78, 5) is 0. The van der Waals surface area contributed by atoms with Crippen LogP contribution in [0.1, 0.15) is 76.7 Å². The maximum Gasteiger partial charge on any atom is 0.205 e. The zero-order valence-corrected chi connectivity index (χ0v) is 17.6. The molecular formula is C26H36O2.